The lowest BCUT2D eigenvalue weighted by molar-refractivity contribution is -0.117. The number of hydrazone groups is 1. The number of nitrogens with one attached hydrogen (secondary N) is 2. The second-order valence-electron chi connectivity index (χ2n) is 6.92. The number of allylic oxidation sites excluding steroid dienone is 2. The van der Waals surface area contributed by atoms with Crippen molar-refractivity contribution in [1.82, 2.24) is 10.7 Å². The Morgan fingerprint density at radius 3 is 2.35 bits per heavy atom. The van der Waals surface area contributed by atoms with E-state index in [0.29, 0.717) is 15.6 Å². The molecule has 0 saturated heterocycles. The number of ether oxygens (including phenoxy) is 1. The Hall–Kier alpha value is -4.17. The molecular formula is C26H22BrN3O4. The quantitative estimate of drug-likeness (QED) is 0.174. The Bertz CT molecular complexity index is 1240. The zero-order chi connectivity index (χ0) is 24.3. The zero-order valence-corrected chi connectivity index (χ0v) is 19.8. The molecular weight excluding hydrogens is 498 g/mol. The minimum absolute atomic E-state index is 0.0163. The average molecular weight is 520 g/mol. The number of carbonyl (C=O) groups excluding carboxylic acids is 2. The van der Waals surface area contributed by atoms with Crippen LogP contribution in [-0.4, -0.2) is 30.2 Å². The Kier molecular flexibility index (Phi) is 8.76. The Balaban J connectivity index is 1.77. The Morgan fingerprint density at radius 2 is 1.68 bits per heavy atom. The first kappa shape index (κ1) is 24.5. The van der Waals surface area contributed by atoms with E-state index < -0.39 is 11.8 Å². The summed E-state index contributed by atoms with van der Waals surface area (Å²) in [5, 5.41) is 16.5. The molecule has 3 rings (SSSR count). The van der Waals surface area contributed by atoms with Crippen LogP contribution in [0.4, 0.5) is 0 Å². The standard InChI is InChI=1S/C26H22BrN3O4/c1-34-23-16-19(15-21(27)24(23)31)17-28-30-26(33)22(14-8-11-18-9-4-2-5-10-18)29-25(32)20-12-6-3-7-13-20/h2-17,31H,1H3,(H,29,32)(H,30,33)/b11-8?,22-14?,28-17+. The molecule has 0 heterocycles. The van der Waals surface area contributed by atoms with Gasteiger partial charge in [0.2, 0.25) is 0 Å². The Labute approximate surface area is 205 Å². The van der Waals surface area contributed by atoms with Gasteiger partial charge in [-0.3, -0.25) is 9.59 Å². The van der Waals surface area contributed by atoms with E-state index in [4.69, 9.17) is 4.74 Å². The largest absolute Gasteiger partial charge is 0.503 e. The first-order valence-electron chi connectivity index (χ1n) is 10.2. The number of hydrogen-bond donors (Lipinski definition) is 3. The van der Waals surface area contributed by atoms with Crippen LogP contribution in [0.15, 0.2) is 100 Å². The molecule has 0 unspecified atom stereocenters. The van der Waals surface area contributed by atoms with Crippen LogP contribution in [0, 0.1) is 0 Å². The smallest absolute Gasteiger partial charge is 0.287 e. The van der Waals surface area contributed by atoms with E-state index in [2.05, 4.69) is 31.8 Å². The molecule has 2 amide bonds. The van der Waals surface area contributed by atoms with Gasteiger partial charge in [0, 0.05) is 5.56 Å². The molecule has 0 bridgehead atoms. The lowest BCUT2D eigenvalue weighted by atomic mass is 10.2. The third-order valence-corrected chi connectivity index (χ3v) is 5.13. The van der Waals surface area contributed by atoms with Crippen LogP contribution in [0.25, 0.3) is 6.08 Å². The zero-order valence-electron chi connectivity index (χ0n) is 18.2. The molecule has 8 heteroatoms. The third-order valence-electron chi connectivity index (χ3n) is 4.53. The van der Waals surface area contributed by atoms with Gasteiger partial charge >= 0.3 is 0 Å². The number of amides is 2. The molecule has 34 heavy (non-hydrogen) atoms. The molecule has 172 valence electrons. The van der Waals surface area contributed by atoms with Crippen molar-refractivity contribution in [3.05, 3.63) is 112 Å². The van der Waals surface area contributed by atoms with Crippen molar-refractivity contribution < 1.29 is 19.4 Å². The van der Waals surface area contributed by atoms with Gasteiger partial charge in [-0.25, -0.2) is 5.43 Å². The molecule has 7 nitrogen and oxygen atoms in total. The summed E-state index contributed by atoms with van der Waals surface area (Å²) in [5.74, 6) is -0.819. The summed E-state index contributed by atoms with van der Waals surface area (Å²) < 4.78 is 5.52. The molecule has 0 atom stereocenters. The molecule has 0 spiro atoms. The summed E-state index contributed by atoms with van der Waals surface area (Å²) >= 11 is 3.24. The molecule has 0 aliphatic heterocycles. The number of nitrogens with zero attached hydrogens (tertiary/aromatic N) is 1. The number of phenolic OH excluding ortho intramolecular Hbond substituents is 1. The van der Waals surface area contributed by atoms with Crippen molar-refractivity contribution in [2.24, 2.45) is 5.10 Å². The molecule has 3 N–H and O–H groups in total. The molecule has 0 fully saturated rings. The highest BCUT2D eigenvalue weighted by Crippen LogP contribution is 2.34. The van der Waals surface area contributed by atoms with Gasteiger partial charge in [-0.15, -0.1) is 0 Å². The van der Waals surface area contributed by atoms with Crippen molar-refractivity contribution in [2.75, 3.05) is 7.11 Å². The molecule has 0 aliphatic rings. The normalized spacial score (nSPS) is 11.5. The highest BCUT2D eigenvalue weighted by atomic mass is 79.9. The number of phenols is 1. The summed E-state index contributed by atoms with van der Waals surface area (Å²) in [6.07, 6.45) is 6.37. The van der Waals surface area contributed by atoms with Crippen LogP contribution >= 0.6 is 15.9 Å². The van der Waals surface area contributed by atoms with E-state index in [1.165, 1.54) is 19.4 Å². The third kappa shape index (κ3) is 6.91. The summed E-state index contributed by atoms with van der Waals surface area (Å²) in [6, 6.07) is 21.3. The number of carbonyl (C=O) groups is 2. The van der Waals surface area contributed by atoms with E-state index >= 15 is 0 Å². The number of benzene rings is 3. The molecule has 3 aromatic rings. The van der Waals surface area contributed by atoms with Crippen LogP contribution in [0.3, 0.4) is 0 Å². The second kappa shape index (κ2) is 12.2. The van der Waals surface area contributed by atoms with Crippen LogP contribution in [0.5, 0.6) is 11.5 Å². The predicted molar refractivity (Wildman–Crippen MR) is 136 cm³/mol. The highest BCUT2D eigenvalue weighted by molar-refractivity contribution is 9.10. The Morgan fingerprint density at radius 1 is 1.00 bits per heavy atom. The fraction of sp³-hybridized carbons (Fsp3) is 0.0385. The minimum Gasteiger partial charge on any atom is -0.503 e. The van der Waals surface area contributed by atoms with Crippen molar-refractivity contribution in [3.63, 3.8) is 0 Å². The van der Waals surface area contributed by atoms with Crippen LogP contribution in [0.1, 0.15) is 21.5 Å². The van der Waals surface area contributed by atoms with Crippen LogP contribution in [0.2, 0.25) is 0 Å². The first-order chi connectivity index (χ1) is 16.5. The lowest BCUT2D eigenvalue weighted by Gasteiger charge is -2.08. The maximum Gasteiger partial charge on any atom is 0.287 e. The number of aromatic hydroxyl groups is 1. The van der Waals surface area contributed by atoms with Gasteiger partial charge in [0.05, 0.1) is 17.8 Å². The number of rotatable bonds is 8. The van der Waals surface area contributed by atoms with Gasteiger partial charge in [-0.2, -0.15) is 5.10 Å². The number of halogens is 1. The molecule has 3 aromatic carbocycles. The first-order valence-corrected chi connectivity index (χ1v) is 11.0. The molecule has 0 saturated carbocycles. The SMILES string of the molecule is COc1cc(/C=N/NC(=O)C(=CC=Cc2ccccc2)NC(=O)c2ccccc2)cc(Br)c1O. The monoisotopic (exact) mass is 519 g/mol. The van der Waals surface area contributed by atoms with Gasteiger partial charge in [0.25, 0.3) is 11.8 Å². The number of hydrogen-bond acceptors (Lipinski definition) is 5. The topological polar surface area (TPSA) is 100 Å². The summed E-state index contributed by atoms with van der Waals surface area (Å²) in [5.41, 5.74) is 4.35. The summed E-state index contributed by atoms with van der Waals surface area (Å²) in [4.78, 5) is 25.4. The van der Waals surface area contributed by atoms with Crippen molar-refractivity contribution in [2.45, 2.75) is 0 Å². The van der Waals surface area contributed by atoms with Gasteiger partial charge in [-0.05, 0) is 57.4 Å². The van der Waals surface area contributed by atoms with Crippen molar-refractivity contribution >= 4 is 40.0 Å². The maximum atomic E-state index is 12.8. The van der Waals surface area contributed by atoms with Crippen LogP contribution < -0.4 is 15.5 Å². The molecule has 0 aliphatic carbocycles. The van der Waals surface area contributed by atoms with E-state index in [1.807, 2.05) is 36.4 Å². The maximum absolute atomic E-state index is 12.8. The van der Waals surface area contributed by atoms with Crippen molar-refractivity contribution in [3.8, 4) is 11.5 Å². The summed E-state index contributed by atoms with van der Waals surface area (Å²) in [7, 11) is 1.43. The number of methoxy groups -OCH3 is 1. The van der Waals surface area contributed by atoms with E-state index in [9.17, 15) is 14.7 Å². The van der Waals surface area contributed by atoms with Gasteiger partial charge in [0.1, 0.15) is 5.70 Å². The van der Waals surface area contributed by atoms with E-state index in [1.54, 1.807) is 48.5 Å². The van der Waals surface area contributed by atoms with Gasteiger partial charge in [-0.1, -0.05) is 60.7 Å². The average Bonchev–Trinajstić information content (AvgIpc) is 2.86. The fourth-order valence-corrected chi connectivity index (χ4v) is 3.29. The van der Waals surface area contributed by atoms with E-state index in [0.717, 1.165) is 5.56 Å². The second-order valence-corrected chi connectivity index (χ2v) is 7.78. The summed E-state index contributed by atoms with van der Waals surface area (Å²) in [6.45, 7) is 0. The fourth-order valence-electron chi connectivity index (χ4n) is 2.83. The van der Waals surface area contributed by atoms with E-state index in [-0.39, 0.29) is 17.2 Å². The van der Waals surface area contributed by atoms with Gasteiger partial charge < -0.3 is 15.2 Å². The highest BCUT2D eigenvalue weighted by Gasteiger charge is 2.13. The van der Waals surface area contributed by atoms with Gasteiger partial charge in [0.15, 0.2) is 11.5 Å². The minimum atomic E-state index is -0.608. The molecule has 0 radical (unpaired) electrons. The van der Waals surface area contributed by atoms with Crippen molar-refractivity contribution in [1.29, 1.82) is 0 Å². The predicted octanol–water partition coefficient (Wildman–Crippen LogP) is 4.64. The molecule has 0 aromatic heterocycles. The lowest BCUT2D eigenvalue weighted by Crippen LogP contribution is -2.32. The van der Waals surface area contributed by atoms with Crippen LogP contribution in [-0.2, 0) is 4.79 Å².